The van der Waals surface area contributed by atoms with Crippen molar-refractivity contribution in [3.05, 3.63) is 54.2 Å². The van der Waals surface area contributed by atoms with E-state index < -0.39 is 0 Å². The number of benzene rings is 1. The van der Waals surface area contributed by atoms with E-state index in [2.05, 4.69) is 28.2 Å². The molecule has 0 atom stereocenters. The quantitative estimate of drug-likeness (QED) is 0.701. The molecular weight excluding hydrogens is 210 g/mol. The fourth-order valence-corrected chi connectivity index (χ4v) is 1.96. The lowest BCUT2D eigenvalue weighted by molar-refractivity contribution is 1.06. The second-order valence-corrected chi connectivity index (χ2v) is 4.02. The van der Waals surface area contributed by atoms with Gasteiger partial charge >= 0.3 is 0 Å². The molecule has 0 aliphatic rings. The highest BCUT2D eigenvalue weighted by Gasteiger charge is 2.04. The van der Waals surface area contributed by atoms with Gasteiger partial charge in [-0.3, -0.25) is 4.98 Å². The molecule has 3 N–H and O–H groups in total. The van der Waals surface area contributed by atoms with E-state index in [1.54, 1.807) is 6.20 Å². The van der Waals surface area contributed by atoms with Crippen LogP contribution in [0.1, 0.15) is 5.56 Å². The van der Waals surface area contributed by atoms with Gasteiger partial charge in [0.2, 0.25) is 0 Å². The monoisotopic (exact) mass is 223 g/mol. The molecule has 17 heavy (non-hydrogen) atoms. The van der Waals surface area contributed by atoms with Crippen molar-refractivity contribution in [1.29, 1.82) is 0 Å². The van der Waals surface area contributed by atoms with E-state index in [4.69, 9.17) is 5.73 Å². The molecule has 2 aromatic heterocycles. The van der Waals surface area contributed by atoms with E-state index in [1.807, 2.05) is 24.3 Å². The van der Waals surface area contributed by atoms with Gasteiger partial charge < -0.3 is 10.7 Å². The maximum Gasteiger partial charge on any atom is 0.0867 e. The number of para-hydroxylation sites is 1. The zero-order valence-corrected chi connectivity index (χ0v) is 9.35. The number of rotatable bonds is 2. The highest BCUT2D eigenvalue weighted by atomic mass is 14.8. The molecule has 3 nitrogen and oxygen atoms in total. The van der Waals surface area contributed by atoms with Gasteiger partial charge in [0, 0.05) is 23.6 Å². The molecule has 0 amide bonds. The summed E-state index contributed by atoms with van der Waals surface area (Å²) in [5, 5.41) is 1.20. The molecule has 0 aliphatic heterocycles. The predicted molar refractivity (Wildman–Crippen MR) is 69.4 cm³/mol. The number of nitrogens with two attached hydrogens (primary N) is 1. The van der Waals surface area contributed by atoms with E-state index in [9.17, 15) is 0 Å². The first-order valence-corrected chi connectivity index (χ1v) is 5.60. The summed E-state index contributed by atoms with van der Waals surface area (Å²) in [5.74, 6) is 0. The van der Waals surface area contributed by atoms with E-state index in [1.165, 1.54) is 5.39 Å². The van der Waals surface area contributed by atoms with Crippen LogP contribution in [0.15, 0.2) is 48.7 Å². The first kappa shape index (κ1) is 10.1. The number of nitrogens with zero attached hydrogens (tertiary/aromatic N) is 1. The first-order chi connectivity index (χ1) is 8.36. The smallest absolute Gasteiger partial charge is 0.0867 e. The molecule has 0 aliphatic carbocycles. The molecule has 0 bridgehead atoms. The van der Waals surface area contributed by atoms with Crippen molar-refractivity contribution in [3.8, 4) is 11.4 Å². The summed E-state index contributed by atoms with van der Waals surface area (Å²) in [7, 11) is 0. The second-order valence-electron chi connectivity index (χ2n) is 4.02. The maximum atomic E-state index is 5.63. The van der Waals surface area contributed by atoms with Crippen molar-refractivity contribution >= 4 is 10.9 Å². The molecule has 3 rings (SSSR count). The topological polar surface area (TPSA) is 54.7 Å². The second kappa shape index (κ2) is 4.03. The third-order valence-electron chi connectivity index (χ3n) is 2.87. The van der Waals surface area contributed by atoms with Crippen molar-refractivity contribution < 1.29 is 0 Å². The van der Waals surface area contributed by atoms with E-state index >= 15 is 0 Å². The molecule has 0 spiro atoms. The minimum Gasteiger partial charge on any atom is -0.353 e. The molecule has 3 aromatic rings. The average molecular weight is 223 g/mol. The summed E-state index contributed by atoms with van der Waals surface area (Å²) in [6.07, 6.45) is 1.79. The van der Waals surface area contributed by atoms with Crippen LogP contribution >= 0.6 is 0 Å². The van der Waals surface area contributed by atoms with Crippen LogP contribution in [0.3, 0.4) is 0 Å². The molecule has 0 saturated carbocycles. The number of nitrogens with one attached hydrogen (secondary N) is 1. The van der Waals surface area contributed by atoms with Crippen LogP contribution in [-0.2, 0) is 6.54 Å². The molecule has 0 radical (unpaired) electrons. The van der Waals surface area contributed by atoms with E-state index in [-0.39, 0.29) is 0 Å². The Bertz CT molecular complexity index is 622. The van der Waals surface area contributed by atoms with Crippen molar-refractivity contribution in [3.63, 3.8) is 0 Å². The number of H-pyrrole nitrogens is 1. The number of hydrogen-bond donors (Lipinski definition) is 2. The van der Waals surface area contributed by atoms with Gasteiger partial charge in [-0.05, 0) is 29.8 Å². The van der Waals surface area contributed by atoms with Crippen LogP contribution in [0.4, 0.5) is 0 Å². The summed E-state index contributed by atoms with van der Waals surface area (Å²) >= 11 is 0. The highest BCUT2D eigenvalue weighted by Crippen LogP contribution is 2.22. The maximum absolute atomic E-state index is 5.63. The molecule has 0 fully saturated rings. The van der Waals surface area contributed by atoms with Crippen LogP contribution in [0.5, 0.6) is 0 Å². The van der Waals surface area contributed by atoms with Gasteiger partial charge in [0.15, 0.2) is 0 Å². The third-order valence-corrected chi connectivity index (χ3v) is 2.87. The minimum absolute atomic E-state index is 0.537. The Morgan fingerprint density at radius 3 is 2.82 bits per heavy atom. The molecular formula is C14H13N3. The Morgan fingerprint density at radius 2 is 2.00 bits per heavy atom. The largest absolute Gasteiger partial charge is 0.353 e. The molecule has 0 saturated heterocycles. The van der Waals surface area contributed by atoms with Crippen molar-refractivity contribution in [2.45, 2.75) is 6.54 Å². The zero-order valence-electron chi connectivity index (χ0n) is 9.35. The number of aromatic amines is 1. The van der Waals surface area contributed by atoms with Crippen LogP contribution in [0, 0.1) is 0 Å². The third kappa shape index (κ3) is 1.81. The van der Waals surface area contributed by atoms with Gasteiger partial charge in [0.05, 0.1) is 11.4 Å². The number of hydrogen-bond acceptors (Lipinski definition) is 2. The first-order valence-electron chi connectivity index (χ1n) is 5.60. The Kier molecular flexibility index (Phi) is 2.38. The predicted octanol–water partition coefficient (Wildman–Crippen LogP) is 2.69. The van der Waals surface area contributed by atoms with Crippen LogP contribution < -0.4 is 5.73 Å². The Labute approximate surface area is 99.3 Å². The van der Waals surface area contributed by atoms with Crippen LogP contribution in [-0.4, -0.2) is 9.97 Å². The van der Waals surface area contributed by atoms with E-state index in [0.717, 1.165) is 22.5 Å². The van der Waals surface area contributed by atoms with Crippen molar-refractivity contribution in [2.75, 3.05) is 0 Å². The number of aromatic nitrogens is 2. The number of pyridine rings is 1. The highest BCUT2D eigenvalue weighted by molar-refractivity contribution is 5.85. The Balaban J connectivity index is 2.13. The SMILES string of the molecule is NCc1ccnc(-c2cc3ccccc3[nH]2)c1. The summed E-state index contributed by atoms with van der Waals surface area (Å²) in [5.41, 5.74) is 9.82. The lowest BCUT2D eigenvalue weighted by atomic mass is 10.2. The van der Waals surface area contributed by atoms with E-state index in [0.29, 0.717) is 6.54 Å². The van der Waals surface area contributed by atoms with Gasteiger partial charge in [-0.25, -0.2) is 0 Å². The summed E-state index contributed by atoms with van der Waals surface area (Å²) in [4.78, 5) is 7.73. The summed E-state index contributed by atoms with van der Waals surface area (Å²) < 4.78 is 0. The van der Waals surface area contributed by atoms with Gasteiger partial charge in [0.25, 0.3) is 0 Å². The number of fused-ring (bicyclic) bond motifs is 1. The average Bonchev–Trinajstić information content (AvgIpc) is 2.82. The van der Waals surface area contributed by atoms with Gasteiger partial charge in [0.1, 0.15) is 0 Å². The minimum atomic E-state index is 0.537. The fraction of sp³-hybridized carbons (Fsp3) is 0.0714. The fourth-order valence-electron chi connectivity index (χ4n) is 1.96. The Morgan fingerprint density at radius 1 is 1.12 bits per heavy atom. The molecule has 2 heterocycles. The summed E-state index contributed by atoms with van der Waals surface area (Å²) in [6.45, 7) is 0.537. The van der Waals surface area contributed by atoms with Crippen molar-refractivity contribution in [2.24, 2.45) is 5.73 Å². The van der Waals surface area contributed by atoms with Gasteiger partial charge in [-0.15, -0.1) is 0 Å². The van der Waals surface area contributed by atoms with Crippen molar-refractivity contribution in [1.82, 2.24) is 9.97 Å². The lowest BCUT2D eigenvalue weighted by Crippen LogP contribution is -1.97. The standard InChI is InChI=1S/C14H13N3/c15-9-10-5-6-16-13(7-10)14-8-11-3-1-2-4-12(11)17-14/h1-8,17H,9,15H2. The molecule has 0 unspecified atom stereocenters. The zero-order chi connectivity index (χ0) is 11.7. The van der Waals surface area contributed by atoms with Crippen LogP contribution in [0.25, 0.3) is 22.3 Å². The molecule has 1 aromatic carbocycles. The van der Waals surface area contributed by atoms with Gasteiger partial charge in [-0.1, -0.05) is 18.2 Å². The van der Waals surface area contributed by atoms with Crippen LogP contribution in [0.2, 0.25) is 0 Å². The lowest BCUT2D eigenvalue weighted by Gasteiger charge is -1.99. The molecule has 84 valence electrons. The Hall–Kier alpha value is -2.13. The summed E-state index contributed by atoms with van der Waals surface area (Å²) in [6, 6.07) is 14.3. The van der Waals surface area contributed by atoms with Gasteiger partial charge in [-0.2, -0.15) is 0 Å². The molecule has 3 heteroatoms. The normalized spacial score (nSPS) is 10.9.